The number of likely N-dealkylation sites (N-methyl/N-ethyl adjacent to an activating group) is 6. The maximum atomic E-state index is 15.5. The van der Waals surface area contributed by atoms with Gasteiger partial charge in [-0.2, -0.15) is 13.2 Å². The van der Waals surface area contributed by atoms with Crippen molar-refractivity contribution in [2.24, 2.45) is 41.4 Å². The number of likely N-dealkylation sites (tertiary alicyclic amines) is 1. The van der Waals surface area contributed by atoms with Gasteiger partial charge in [0.25, 0.3) is 0 Å². The Balaban J connectivity index is 1.18. The second kappa shape index (κ2) is 37.2. The molecule has 28 heteroatoms. The van der Waals surface area contributed by atoms with Gasteiger partial charge in [-0.05, 0) is 138 Å². The van der Waals surface area contributed by atoms with Gasteiger partial charge in [0.2, 0.25) is 70.9 Å². The third-order valence-corrected chi connectivity index (χ3v) is 25.6. The molecule has 4 saturated carbocycles. The molecule has 592 valence electrons. The van der Waals surface area contributed by atoms with E-state index in [-0.39, 0.29) is 114 Å². The zero-order chi connectivity index (χ0) is 77.1. The van der Waals surface area contributed by atoms with E-state index in [2.05, 4.69) is 16.0 Å². The molecule has 0 aromatic rings. The summed E-state index contributed by atoms with van der Waals surface area (Å²) in [6, 6.07) is -10.7. The summed E-state index contributed by atoms with van der Waals surface area (Å²) in [5.41, 5.74) is -1.56. The lowest BCUT2D eigenvalue weighted by molar-refractivity contribution is -0.182. The Bertz CT molecular complexity index is 3080. The summed E-state index contributed by atoms with van der Waals surface area (Å²) in [5.74, 6) is -10.3. The summed E-state index contributed by atoms with van der Waals surface area (Å²) in [4.78, 5) is 195. The number of amides is 12. The average molecular weight is 1500 g/mol. The van der Waals surface area contributed by atoms with E-state index in [1.54, 1.807) is 25.8 Å². The Kier molecular flexibility index (Phi) is 29.9. The topological polar surface area (TPSA) is 270 Å². The van der Waals surface area contributed by atoms with E-state index in [1.165, 1.54) is 74.4 Å². The number of nitrogens with zero attached hydrogens (tertiary/aromatic N) is 9. The van der Waals surface area contributed by atoms with Gasteiger partial charge in [0.05, 0.1) is 18.9 Å². The fraction of sp³-hybridized carbons (Fsp3) is 0.844. The summed E-state index contributed by atoms with van der Waals surface area (Å²) in [5, 5.41) is 7.75. The number of piperidine rings is 1. The predicted molar refractivity (Wildman–Crippen MR) is 391 cm³/mol. The van der Waals surface area contributed by atoms with Gasteiger partial charge in [-0.15, -0.1) is 11.6 Å². The molecule has 0 aromatic heterocycles. The molecule has 1 spiro atoms. The van der Waals surface area contributed by atoms with E-state index < -0.39 is 173 Å². The first-order chi connectivity index (χ1) is 49.6. The smallest absolute Gasteiger partial charge is 0.343 e. The van der Waals surface area contributed by atoms with Crippen LogP contribution >= 0.6 is 11.6 Å². The molecule has 4 heterocycles. The molecule has 24 nitrogen and oxygen atoms in total. The summed E-state index contributed by atoms with van der Waals surface area (Å²) in [7, 11) is 8.88. The molecule has 0 aromatic carbocycles. The number of nitrogens with one attached hydrogen (secondary N) is 3. The van der Waals surface area contributed by atoms with E-state index >= 15 is 52.7 Å². The van der Waals surface area contributed by atoms with Crippen LogP contribution in [0.25, 0.3) is 0 Å². The summed E-state index contributed by atoms with van der Waals surface area (Å²) in [6.07, 6.45) is 8.48. The largest absolute Gasteiger partial charge is 0.393 e. The Labute approximate surface area is 626 Å². The number of hydrogen-bond donors (Lipinski definition) is 3. The highest BCUT2D eigenvalue weighted by Gasteiger charge is 2.53. The lowest BCUT2D eigenvalue weighted by Gasteiger charge is -2.46. The number of carbonyl (C=O) groups excluding carboxylic acids is 12. The van der Waals surface area contributed by atoms with Crippen molar-refractivity contribution in [3.8, 4) is 0 Å². The van der Waals surface area contributed by atoms with Crippen LogP contribution in [0, 0.1) is 41.4 Å². The molecule has 4 aliphatic carbocycles. The van der Waals surface area contributed by atoms with Crippen LogP contribution in [0.4, 0.5) is 13.2 Å². The minimum absolute atomic E-state index is 0.00305. The van der Waals surface area contributed by atoms with Crippen molar-refractivity contribution in [1.82, 2.24) is 60.0 Å². The van der Waals surface area contributed by atoms with Crippen molar-refractivity contribution in [2.45, 2.75) is 299 Å². The van der Waals surface area contributed by atoms with Crippen LogP contribution in [0.3, 0.4) is 0 Å². The number of rotatable bonds is 13. The van der Waals surface area contributed by atoms with Crippen LogP contribution < -0.4 is 16.0 Å². The van der Waals surface area contributed by atoms with Crippen molar-refractivity contribution in [3.63, 3.8) is 0 Å². The normalized spacial score (nSPS) is 31.0. The van der Waals surface area contributed by atoms with E-state index in [9.17, 15) is 18.0 Å². The maximum absolute atomic E-state index is 15.5. The molecule has 105 heavy (non-hydrogen) atoms. The third kappa shape index (κ3) is 20.4. The summed E-state index contributed by atoms with van der Waals surface area (Å²) in [6.45, 7) is 11.4. The number of alkyl halides is 4. The SMILES string of the molecule is CC[C@H](C)[C@@H]1NC(=O)[C@H](CC(C)C)N(C)C(=O)C[C@@H](C(=O)N2CCCCC2)N(C)C(=O)[C@H](C(C)C)N(C)C(=O)C2(CCCC2)NC(=O)[C@@H]2CCCN2C(=O)[C@H](CCC2CCC(C(F)(F)F)C(Cl)C2)NC(=O)CN(C)C(=O)[C@H](CC2CCCCC2)N(C)C(=O)[C@@H]2CCN2C(=O)[C@H](CC2CCCC2)N(C)C1=O. The van der Waals surface area contributed by atoms with Crippen LogP contribution in [0.1, 0.15) is 228 Å². The fourth-order valence-corrected chi connectivity index (χ4v) is 18.7. The van der Waals surface area contributed by atoms with E-state index in [4.69, 9.17) is 11.6 Å². The van der Waals surface area contributed by atoms with Gasteiger partial charge in [-0.1, -0.05) is 119 Å². The molecule has 12 amide bonds. The molecule has 8 rings (SSSR count). The highest BCUT2D eigenvalue weighted by atomic mass is 35.5. The van der Waals surface area contributed by atoms with Gasteiger partial charge < -0.3 is 60.0 Å². The van der Waals surface area contributed by atoms with Gasteiger partial charge in [0.15, 0.2) is 0 Å². The first-order valence-corrected chi connectivity index (χ1v) is 40.1. The molecule has 3 N–H and O–H groups in total. The Morgan fingerprint density at radius 2 is 1.13 bits per heavy atom. The van der Waals surface area contributed by atoms with E-state index in [1.807, 2.05) is 27.7 Å². The number of carbonyl (C=O) groups is 12. The molecular weight excluding hydrogens is 1380 g/mol. The quantitative estimate of drug-likeness (QED) is 0.150. The van der Waals surface area contributed by atoms with Crippen molar-refractivity contribution in [3.05, 3.63) is 0 Å². The Hall–Kier alpha value is -6.28. The molecule has 3 unspecified atom stereocenters. The fourth-order valence-electron chi connectivity index (χ4n) is 18.2. The van der Waals surface area contributed by atoms with Crippen molar-refractivity contribution in [2.75, 3.05) is 75.0 Å². The van der Waals surface area contributed by atoms with Crippen LogP contribution in [0.2, 0.25) is 0 Å². The van der Waals surface area contributed by atoms with Gasteiger partial charge >= 0.3 is 6.18 Å². The standard InChI is InChI=1S/C77H124ClF3N12O12/c1-13-49(6)64-73(103)88(10)60(44-51-27-18-19-28-51)72(102)93-40-34-57(93)70(100)87(9)59(43-50-25-16-14-17-26-50)69(99)85(7)46-62(94)82-55(33-31-52-30-32-53(54(78)42-52)77(79,80)81)68(98)92-39-24-29-56(92)67(97)84-76(35-20-21-36-76)75(105)90(12)65(48(4)5)74(104)89(11)61(71(101)91-37-22-15-23-38-91)45-63(95)86(8)58(41-47(2)3)66(96)83-64/h47-61,64-65H,13-46H2,1-12H3,(H,82,94)(H,83,96)(H,84,97)/t49-,52?,53?,54?,55-,56-,57-,58-,59-,60-,61-,64-,65-/m0/s1. The maximum Gasteiger partial charge on any atom is 0.393 e. The number of fused-ring (bicyclic) bond motifs is 2. The van der Waals surface area contributed by atoms with Crippen molar-refractivity contribution < 1.29 is 70.7 Å². The predicted octanol–water partition coefficient (Wildman–Crippen LogP) is 7.65. The zero-order valence-corrected chi connectivity index (χ0v) is 65.5. The Morgan fingerprint density at radius 1 is 0.552 bits per heavy atom. The lowest BCUT2D eigenvalue weighted by atomic mass is 9.78. The second-order valence-corrected chi connectivity index (χ2v) is 33.8. The number of halogens is 4. The van der Waals surface area contributed by atoms with Crippen LogP contribution in [0.15, 0.2) is 0 Å². The molecule has 4 aliphatic heterocycles. The van der Waals surface area contributed by atoms with Gasteiger partial charge in [0.1, 0.15) is 59.9 Å². The molecule has 8 aliphatic rings. The van der Waals surface area contributed by atoms with Gasteiger partial charge in [-0.3, -0.25) is 57.5 Å². The van der Waals surface area contributed by atoms with E-state index in [0.717, 1.165) is 64.2 Å². The second-order valence-electron chi connectivity index (χ2n) is 33.3. The Morgan fingerprint density at radius 3 is 1.70 bits per heavy atom. The highest BCUT2D eigenvalue weighted by Crippen LogP contribution is 2.44. The third-order valence-electron chi connectivity index (χ3n) is 25.1. The number of hydrogen-bond acceptors (Lipinski definition) is 12. The van der Waals surface area contributed by atoms with E-state index in [0.29, 0.717) is 51.6 Å². The first-order valence-electron chi connectivity index (χ1n) is 39.7. The van der Waals surface area contributed by atoms with Crippen LogP contribution in [-0.4, -0.2) is 261 Å². The lowest BCUT2D eigenvalue weighted by Crippen LogP contribution is -2.65. The summed E-state index contributed by atoms with van der Waals surface area (Å²) < 4.78 is 42.2. The molecule has 13 atom stereocenters. The monoisotopic (exact) mass is 1500 g/mol. The van der Waals surface area contributed by atoms with Crippen molar-refractivity contribution in [1.29, 1.82) is 0 Å². The minimum Gasteiger partial charge on any atom is -0.343 e. The molecular formula is C77H124ClF3N12O12. The summed E-state index contributed by atoms with van der Waals surface area (Å²) >= 11 is 6.43. The molecule has 8 fully saturated rings. The average Bonchev–Trinajstić information content (AvgIpc) is 1.77. The molecule has 0 bridgehead atoms. The van der Waals surface area contributed by atoms with Crippen molar-refractivity contribution >= 4 is 82.5 Å². The zero-order valence-electron chi connectivity index (χ0n) is 64.8. The minimum atomic E-state index is -4.51. The highest BCUT2D eigenvalue weighted by molar-refractivity contribution is 6.21. The van der Waals surface area contributed by atoms with Gasteiger partial charge in [-0.25, -0.2) is 0 Å². The first kappa shape index (κ1) is 84.3. The molecule has 0 radical (unpaired) electrons. The van der Waals surface area contributed by atoms with Gasteiger partial charge in [0, 0.05) is 73.8 Å². The molecule has 4 saturated heterocycles. The van der Waals surface area contributed by atoms with Crippen LogP contribution in [0.5, 0.6) is 0 Å². The van der Waals surface area contributed by atoms with Crippen LogP contribution in [-0.2, 0) is 57.5 Å².